The summed E-state index contributed by atoms with van der Waals surface area (Å²) in [6.07, 6.45) is 8.77. The number of rotatable bonds is 4. The van der Waals surface area contributed by atoms with Gasteiger partial charge in [-0.2, -0.15) is 0 Å². The van der Waals surface area contributed by atoms with Crippen molar-refractivity contribution in [3.05, 3.63) is 21.9 Å². The van der Waals surface area contributed by atoms with E-state index in [4.69, 9.17) is 0 Å². The van der Waals surface area contributed by atoms with Gasteiger partial charge in [0.2, 0.25) is 0 Å². The Labute approximate surface area is 115 Å². The number of nitrogens with one attached hydrogen (secondary N) is 1. The van der Waals surface area contributed by atoms with Crippen molar-refractivity contribution < 1.29 is 0 Å². The van der Waals surface area contributed by atoms with Crippen LogP contribution in [0, 0.1) is 18.8 Å². The maximum Gasteiger partial charge on any atom is 0.0388 e. The van der Waals surface area contributed by atoms with Crippen LogP contribution in [0.25, 0.3) is 0 Å². The van der Waals surface area contributed by atoms with E-state index in [0.717, 1.165) is 17.9 Å². The van der Waals surface area contributed by atoms with Gasteiger partial charge in [0.1, 0.15) is 0 Å². The Balaban J connectivity index is 1.55. The van der Waals surface area contributed by atoms with E-state index in [9.17, 15) is 0 Å². The van der Waals surface area contributed by atoms with Crippen molar-refractivity contribution in [1.82, 2.24) is 5.32 Å². The first-order valence-corrected chi connectivity index (χ1v) is 8.36. The Morgan fingerprint density at radius 1 is 1.17 bits per heavy atom. The fourth-order valence-electron chi connectivity index (χ4n) is 3.50. The molecule has 0 spiro atoms. The minimum atomic E-state index is 0.534. The molecule has 0 radical (unpaired) electrons. The van der Waals surface area contributed by atoms with Crippen molar-refractivity contribution in [3.63, 3.8) is 0 Å². The van der Waals surface area contributed by atoms with Gasteiger partial charge in [-0.25, -0.2) is 0 Å². The van der Waals surface area contributed by atoms with Crippen LogP contribution in [0.2, 0.25) is 0 Å². The fraction of sp³-hybridized carbons (Fsp3) is 0.750. The summed E-state index contributed by atoms with van der Waals surface area (Å²) in [6, 6.07) is 5.83. The Morgan fingerprint density at radius 2 is 2.00 bits per heavy atom. The van der Waals surface area contributed by atoms with Crippen molar-refractivity contribution in [1.29, 1.82) is 0 Å². The van der Waals surface area contributed by atoms with E-state index in [2.05, 4.69) is 31.3 Å². The summed E-state index contributed by atoms with van der Waals surface area (Å²) in [4.78, 5) is 2.93. The van der Waals surface area contributed by atoms with Gasteiger partial charge in [-0.15, -0.1) is 11.3 Å². The molecule has 18 heavy (non-hydrogen) atoms. The van der Waals surface area contributed by atoms with Gasteiger partial charge in [0.05, 0.1) is 0 Å². The molecule has 2 aliphatic carbocycles. The number of hydrogen-bond acceptors (Lipinski definition) is 2. The molecule has 1 heterocycles. The Kier molecular flexibility index (Phi) is 3.76. The second-order valence-corrected chi connectivity index (χ2v) is 7.62. The second kappa shape index (κ2) is 5.34. The van der Waals surface area contributed by atoms with Crippen LogP contribution in [0.4, 0.5) is 0 Å². The maximum atomic E-state index is 3.87. The van der Waals surface area contributed by atoms with Crippen molar-refractivity contribution >= 4 is 11.3 Å². The van der Waals surface area contributed by atoms with E-state index in [-0.39, 0.29) is 0 Å². The average Bonchev–Trinajstić information content (AvgIpc) is 3.12. The van der Waals surface area contributed by atoms with Gasteiger partial charge >= 0.3 is 0 Å². The molecule has 2 fully saturated rings. The van der Waals surface area contributed by atoms with E-state index < -0.39 is 0 Å². The van der Waals surface area contributed by atoms with Gasteiger partial charge in [0.15, 0.2) is 0 Å². The fourth-order valence-corrected chi connectivity index (χ4v) is 4.39. The lowest BCUT2D eigenvalue weighted by Gasteiger charge is -2.32. The van der Waals surface area contributed by atoms with E-state index >= 15 is 0 Å². The Bertz CT molecular complexity index is 394. The average molecular weight is 263 g/mol. The third kappa shape index (κ3) is 2.97. The molecule has 1 aromatic heterocycles. The van der Waals surface area contributed by atoms with Crippen LogP contribution < -0.4 is 5.32 Å². The van der Waals surface area contributed by atoms with Gasteiger partial charge < -0.3 is 5.32 Å². The topological polar surface area (TPSA) is 12.0 Å². The molecule has 0 aromatic carbocycles. The molecule has 1 nitrogen and oxygen atoms in total. The highest BCUT2D eigenvalue weighted by molar-refractivity contribution is 7.12. The van der Waals surface area contributed by atoms with E-state index in [1.165, 1.54) is 48.3 Å². The van der Waals surface area contributed by atoms with Crippen molar-refractivity contribution in [2.24, 2.45) is 11.8 Å². The molecule has 1 aromatic rings. The summed E-state index contributed by atoms with van der Waals surface area (Å²) in [7, 11) is 0. The van der Waals surface area contributed by atoms with E-state index in [1.807, 2.05) is 11.3 Å². The molecule has 0 bridgehead atoms. The summed E-state index contributed by atoms with van der Waals surface area (Å²) in [5.74, 6) is 2.13. The van der Waals surface area contributed by atoms with Gasteiger partial charge in [-0.05, 0) is 63.5 Å². The maximum absolute atomic E-state index is 3.87. The number of thiophene rings is 1. The lowest BCUT2D eigenvalue weighted by Crippen LogP contribution is -2.36. The number of hydrogen-bond donors (Lipinski definition) is 1. The largest absolute Gasteiger partial charge is 0.307 e. The van der Waals surface area contributed by atoms with Crippen LogP contribution in [-0.2, 0) is 0 Å². The van der Waals surface area contributed by atoms with Crippen molar-refractivity contribution in [3.8, 4) is 0 Å². The van der Waals surface area contributed by atoms with Crippen molar-refractivity contribution in [2.75, 3.05) is 0 Å². The summed E-state index contributed by atoms with van der Waals surface area (Å²) < 4.78 is 0. The highest BCUT2D eigenvalue weighted by Gasteiger charge is 2.34. The lowest BCUT2D eigenvalue weighted by atomic mass is 9.82. The minimum Gasteiger partial charge on any atom is -0.307 e. The Hall–Kier alpha value is -0.340. The third-order valence-corrected chi connectivity index (χ3v) is 5.86. The van der Waals surface area contributed by atoms with E-state index in [0.29, 0.717) is 6.04 Å². The van der Waals surface area contributed by atoms with Crippen LogP contribution in [0.3, 0.4) is 0 Å². The van der Waals surface area contributed by atoms with Gasteiger partial charge in [0, 0.05) is 21.8 Å². The first kappa shape index (κ1) is 12.7. The molecule has 0 amide bonds. The SMILES string of the molecule is Cc1ccc(C(C)NC2CCCC(C3CC3)C2)s1. The predicted molar refractivity (Wildman–Crippen MR) is 79.1 cm³/mol. The molecular weight excluding hydrogens is 238 g/mol. The molecule has 3 rings (SSSR count). The highest BCUT2D eigenvalue weighted by Crippen LogP contribution is 2.44. The van der Waals surface area contributed by atoms with Crippen LogP contribution in [0.1, 0.15) is 61.2 Å². The molecule has 2 aliphatic rings. The first-order valence-electron chi connectivity index (χ1n) is 7.55. The van der Waals surface area contributed by atoms with Gasteiger partial charge in [-0.3, -0.25) is 0 Å². The van der Waals surface area contributed by atoms with Crippen LogP contribution >= 0.6 is 11.3 Å². The molecular formula is C16H25NS. The summed E-state index contributed by atoms with van der Waals surface area (Å²) >= 11 is 1.94. The molecule has 1 N–H and O–H groups in total. The molecule has 3 atom stereocenters. The smallest absolute Gasteiger partial charge is 0.0388 e. The zero-order valence-corrected chi connectivity index (χ0v) is 12.4. The zero-order chi connectivity index (χ0) is 12.5. The molecule has 0 saturated heterocycles. The summed E-state index contributed by atoms with van der Waals surface area (Å²) in [5.41, 5.74) is 0. The normalized spacial score (nSPS) is 30.3. The minimum absolute atomic E-state index is 0.534. The number of aryl methyl sites for hydroxylation is 1. The van der Waals surface area contributed by atoms with E-state index in [1.54, 1.807) is 0 Å². The van der Waals surface area contributed by atoms with Crippen LogP contribution in [-0.4, -0.2) is 6.04 Å². The second-order valence-electron chi connectivity index (χ2n) is 6.30. The monoisotopic (exact) mass is 263 g/mol. The van der Waals surface area contributed by atoms with Crippen LogP contribution in [0.5, 0.6) is 0 Å². The Morgan fingerprint density at radius 3 is 2.67 bits per heavy atom. The van der Waals surface area contributed by atoms with Crippen LogP contribution in [0.15, 0.2) is 12.1 Å². The predicted octanol–water partition coefficient (Wildman–Crippen LogP) is 4.68. The van der Waals surface area contributed by atoms with Crippen molar-refractivity contribution in [2.45, 2.75) is 64.5 Å². The first-order chi connectivity index (χ1) is 8.72. The lowest BCUT2D eigenvalue weighted by molar-refractivity contribution is 0.250. The standard InChI is InChI=1S/C16H25NS/c1-11-6-9-16(18-11)12(2)17-15-5-3-4-14(10-15)13-7-8-13/h6,9,12-15,17H,3-5,7-8,10H2,1-2H3. The molecule has 2 saturated carbocycles. The third-order valence-electron chi connectivity index (χ3n) is 4.68. The van der Waals surface area contributed by atoms with Gasteiger partial charge in [-0.1, -0.05) is 12.8 Å². The quantitative estimate of drug-likeness (QED) is 0.832. The highest BCUT2D eigenvalue weighted by atomic mass is 32.1. The zero-order valence-electron chi connectivity index (χ0n) is 11.6. The van der Waals surface area contributed by atoms with Gasteiger partial charge in [0.25, 0.3) is 0 Å². The summed E-state index contributed by atoms with van der Waals surface area (Å²) in [5, 5.41) is 3.87. The molecule has 2 heteroatoms. The summed E-state index contributed by atoms with van der Waals surface area (Å²) in [6.45, 7) is 4.52. The molecule has 0 aliphatic heterocycles. The molecule has 3 unspecified atom stereocenters. The molecule has 100 valence electrons.